The molecule has 1 fully saturated rings. The van der Waals surface area contributed by atoms with Gasteiger partial charge in [0, 0.05) is 59.1 Å². The van der Waals surface area contributed by atoms with Crippen molar-refractivity contribution in [3.05, 3.63) is 99.5 Å². The van der Waals surface area contributed by atoms with E-state index in [9.17, 15) is 9.90 Å². The second-order valence-electron chi connectivity index (χ2n) is 10.2. The lowest BCUT2D eigenvalue weighted by molar-refractivity contribution is -0.137. The smallest absolute Gasteiger partial charge is 0.260 e. The first-order valence-corrected chi connectivity index (χ1v) is 14.6. The molecule has 0 bridgehead atoms. The molecule has 2 aromatic heterocycles. The molecule has 0 aliphatic carbocycles. The van der Waals surface area contributed by atoms with Crippen molar-refractivity contribution in [2.24, 2.45) is 0 Å². The number of carbonyl (C=O) groups excluding carboxylic acids is 1. The summed E-state index contributed by atoms with van der Waals surface area (Å²) in [6.07, 6.45) is 4.37. The minimum Gasteiger partial charge on any atom is -0.483 e. The first-order valence-electron chi connectivity index (χ1n) is 13.4. The van der Waals surface area contributed by atoms with Crippen molar-refractivity contribution < 1.29 is 14.6 Å². The first-order chi connectivity index (χ1) is 19.3. The van der Waals surface area contributed by atoms with Gasteiger partial charge >= 0.3 is 0 Å². The van der Waals surface area contributed by atoms with Crippen LogP contribution in [0.15, 0.2) is 78.4 Å². The van der Waals surface area contributed by atoms with Crippen LogP contribution in [0.25, 0.3) is 11.4 Å². The van der Waals surface area contributed by atoms with Crippen molar-refractivity contribution in [1.29, 1.82) is 0 Å². The number of thiophene rings is 1. The molecular formula is C31H33ClN4O3S. The third-order valence-electron chi connectivity index (χ3n) is 7.60. The fraction of sp³-hybridized carbons (Fsp3) is 0.323. The lowest BCUT2D eigenvalue weighted by atomic mass is 9.84. The molecule has 1 unspecified atom stereocenters. The fourth-order valence-corrected chi connectivity index (χ4v) is 5.96. The number of piperidine rings is 1. The quantitative estimate of drug-likeness (QED) is 0.266. The van der Waals surface area contributed by atoms with Gasteiger partial charge in [0.15, 0.2) is 12.4 Å². The largest absolute Gasteiger partial charge is 0.483 e. The third kappa shape index (κ3) is 6.53. The molecule has 208 valence electrons. The van der Waals surface area contributed by atoms with Gasteiger partial charge in [0.2, 0.25) is 0 Å². The van der Waals surface area contributed by atoms with E-state index in [1.54, 1.807) is 46.8 Å². The van der Waals surface area contributed by atoms with E-state index in [4.69, 9.17) is 16.3 Å². The van der Waals surface area contributed by atoms with Gasteiger partial charge in [-0.3, -0.25) is 9.69 Å². The number of aromatic nitrogens is 2. The van der Waals surface area contributed by atoms with Crippen molar-refractivity contribution in [2.45, 2.75) is 38.0 Å². The van der Waals surface area contributed by atoms with Gasteiger partial charge in [0.1, 0.15) is 5.75 Å². The van der Waals surface area contributed by atoms with Gasteiger partial charge in [-0.05, 0) is 80.2 Å². The molecule has 0 saturated carbocycles. The van der Waals surface area contributed by atoms with Crippen molar-refractivity contribution in [1.82, 2.24) is 19.8 Å². The first kappa shape index (κ1) is 28.2. The van der Waals surface area contributed by atoms with Gasteiger partial charge < -0.3 is 14.7 Å². The lowest BCUT2D eigenvalue weighted by Crippen LogP contribution is -2.46. The number of hydrogen-bond donors (Lipinski definition) is 1. The number of hydrogen-bond acceptors (Lipinski definition) is 7. The Morgan fingerprint density at radius 2 is 1.85 bits per heavy atom. The van der Waals surface area contributed by atoms with E-state index in [0.29, 0.717) is 49.1 Å². The van der Waals surface area contributed by atoms with Gasteiger partial charge in [-0.25, -0.2) is 9.97 Å². The molecule has 0 radical (unpaired) electrons. The van der Waals surface area contributed by atoms with Crippen LogP contribution in [0, 0.1) is 0 Å². The number of amides is 1. The molecule has 3 heterocycles. The number of aliphatic hydroxyl groups is 1. The summed E-state index contributed by atoms with van der Waals surface area (Å²) < 4.78 is 6.13. The summed E-state index contributed by atoms with van der Waals surface area (Å²) >= 11 is 7.74. The molecule has 1 saturated heterocycles. The van der Waals surface area contributed by atoms with Crippen LogP contribution in [0.5, 0.6) is 5.75 Å². The Hall–Kier alpha value is -3.30. The third-order valence-corrected chi connectivity index (χ3v) is 8.89. The Morgan fingerprint density at radius 3 is 2.52 bits per heavy atom. The van der Waals surface area contributed by atoms with Gasteiger partial charge in [-0.15, -0.1) is 11.3 Å². The molecule has 1 amide bonds. The molecule has 1 atom stereocenters. The number of benzene rings is 2. The molecular weight excluding hydrogens is 544 g/mol. The van der Waals surface area contributed by atoms with E-state index < -0.39 is 5.60 Å². The molecule has 1 aliphatic rings. The van der Waals surface area contributed by atoms with Crippen LogP contribution in [0.2, 0.25) is 5.02 Å². The van der Waals surface area contributed by atoms with Crippen molar-refractivity contribution >= 4 is 28.8 Å². The zero-order chi connectivity index (χ0) is 28.1. The second kappa shape index (κ2) is 12.5. The van der Waals surface area contributed by atoms with Crippen LogP contribution >= 0.6 is 22.9 Å². The normalized spacial score (nSPS) is 15.7. The Labute approximate surface area is 244 Å². The number of likely N-dealkylation sites (tertiary alicyclic amines) is 1. The molecule has 5 rings (SSSR count). The fourth-order valence-electron chi connectivity index (χ4n) is 4.99. The molecule has 1 aliphatic heterocycles. The van der Waals surface area contributed by atoms with Crippen LogP contribution in [0.3, 0.4) is 0 Å². The minimum atomic E-state index is -0.964. The molecule has 40 heavy (non-hydrogen) atoms. The number of halogens is 1. The predicted molar refractivity (Wildman–Crippen MR) is 158 cm³/mol. The van der Waals surface area contributed by atoms with Crippen molar-refractivity contribution in [3.8, 4) is 17.1 Å². The van der Waals surface area contributed by atoms with E-state index in [0.717, 1.165) is 16.7 Å². The van der Waals surface area contributed by atoms with Gasteiger partial charge in [0.25, 0.3) is 5.91 Å². The maximum Gasteiger partial charge on any atom is 0.260 e. The molecule has 4 aromatic rings. The number of ether oxygens (including phenoxy) is 1. The zero-order valence-corrected chi connectivity index (χ0v) is 24.2. The molecule has 9 heteroatoms. The summed E-state index contributed by atoms with van der Waals surface area (Å²) in [7, 11) is 2.08. The van der Waals surface area contributed by atoms with E-state index in [-0.39, 0.29) is 18.6 Å². The highest BCUT2D eigenvalue weighted by Crippen LogP contribution is 2.34. The van der Waals surface area contributed by atoms with Crippen LogP contribution in [0.4, 0.5) is 0 Å². The number of nitrogens with zero attached hydrogens (tertiary/aromatic N) is 4. The Balaban J connectivity index is 1.27. The maximum atomic E-state index is 13.1. The summed E-state index contributed by atoms with van der Waals surface area (Å²) in [6, 6.07) is 19.4. The molecule has 7 nitrogen and oxygen atoms in total. The highest BCUT2D eigenvalue weighted by atomic mass is 35.5. The van der Waals surface area contributed by atoms with Crippen LogP contribution in [-0.2, 0) is 16.9 Å². The molecule has 2 aromatic carbocycles. The average Bonchev–Trinajstić information content (AvgIpc) is 3.52. The van der Waals surface area contributed by atoms with Crippen molar-refractivity contribution in [3.63, 3.8) is 0 Å². The van der Waals surface area contributed by atoms with Crippen molar-refractivity contribution in [2.75, 3.05) is 26.7 Å². The highest BCUT2D eigenvalue weighted by molar-refractivity contribution is 7.10. The Morgan fingerprint density at radius 1 is 1.12 bits per heavy atom. The van der Waals surface area contributed by atoms with E-state index >= 15 is 0 Å². The molecule has 0 spiro atoms. The minimum absolute atomic E-state index is 0.0717. The summed E-state index contributed by atoms with van der Waals surface area (Å²) in [4.78, 5) is 27.2. The average molecular weight is 577 g/mol. The summed E-state index contributed by atoms with van der Waals surface area (Å²) in [5.74, 6) is 1.20. The van der Waals surface area contributed by atoms with Gasteiger partial charge in [-0.2, -0.15) is 0 Å². The van der Waals surface area contributed by atoms with E-state index in [2.05, 4.69) is 46.4 Å². The van der Waals surface area contributed by atoms with Gasteiger partial charge in [0.05, 0.1) is 5.60 Å². The summed E-state index contributed by atoms with van der Waals surface area (Å²) in [5.41, 5.74) is 1.71. The predicted octanol–water partition coefficient (Wildman–Crippen LogP) is 5.94. The van der Waals surface area contributed by atoms with E-state index in [1.807, 2.05) is 30.3 Å². The maximum absolute atomic E-state index is 13.1. The van der Waals surface area contributed by atoms with E-state index in [1.165, 1.54) is 4.88 Å². The van der Waals surface area contributed by atoms with Gasteiger partial charge in [-0.1, -0.05) is 29.8 Å². The summed E-state index contributed by atoms with van der Waals surface area (Å²) in [5, 5.41) is 13.9. The Bertz CT molecular complexity index is 1410. The second-order valence-corrected chi connectivity index (χ2v) is 11.6. The zero-order valence-electron chi connectivity index (χ0n) is 22.7. The molecule has 1 N–H and O–H groups in total. The lowest BCUT2D eigenvalue weighted by Gasteiger charge is -2.38. The van der Waals surface area contributed by atoms with Crippen LogP contribution < -0.4 is 4.74 Å². The SMILES string of the molecule is CC(c1cccs1)N(C)Cc1cc(-c2ncccn2)ccc1OCC(=O)N1CCC(O)(c2ccc(Cl)cc2)CC1. The summed E-state index contributed by atoms with van der Waals surface area (Å²) in [6.45, 7) is 3.65. The standard InChI is InChI=1S/C31H33ClN4O3S/c1-22(28-5-3-18-40-28)35(2)20-24-19-23(30-33-14-4-15-34-30)6-11-27(24)39-21-29(37)36-16-12-31(38,13-17-36)25-7-9-26(32)10-8-25/h3-11,14-15,18-19,22,38H,12-13,16-17,20-21H2,1-2H3. The van der Waals surface area contributed by atoms with Crippen LogP contribution in [-0.4, -0.2) is 57.5 Å². The number of carbonyl (C=O) groups is 1. The monoisotopic (exact) mass is 576 g/mol. The van der Waals surface area contributed by atoms with Crippen LogP contribution in [0.1, 0.15) is 41.8 Å². The number of rotatable bonds is 9. The highest BCUT2D eigenvalue weighted by Gasteiger charge is 2.35. The Kier molecular flexibility index (Phi) is 8.81. The topological polar surface area (TPSA) is 78.8 Å².